The molecule has 0 N–H and O–H groups in total. The van der Waals surface area contributed by atoms with Gasteiger partial charge in [-0.15, -0.1) is 0 Å². The molecule has 0 atom stereocenters. The predicted octanol–water partition coefficient (Wildman–Crippen LogP) is 23.3. The summed E-state index contributed by atoms with van der Waals surface area (Å²) in [5.41, 5.74) is 27.4. The topological polar surface area (TPSA) is 26.2 Å². The molecule has 4 heterocycles. The van der Waals surface area contributed by atoms with Crippen LogP contribution in [0.25, 0.3) is 111 Å². The fourth-order valence-electron chi connectivity index (χ4n) is 14.2. The van der Waals surface area contributed by atoms with Gasteiger partial charge in [0.1, 0.15) is 0 Å². The van der Waals surface area contributed by atoms with E-state index in [2.05, 4.69) is 371 Å². The van der Waals surface area contributed by atoms with Gasteiger partial charge in [-0.3, -0.25) is 0 Å². The minimum Gasteiger partial charge on any atom is -0.310 e. The van der Waals surface area contributed by atoms with E-state index in [0.717, 1.165) is 101 Å². The standard InChI is InChI=1S/C86H64N6/c1-57-29-33-67(34-30-57)87(73-45-47-81-77(55-73)75-25-11-13-27-79(75)89(81)65-21-7-5-8-22-65)69-37-41-71(42-38-69)91-83(61-19-15-17-59(3)49-61)51-63-54-86-64(53-85(63)91)52-84(62-20-16-18-60(4)50-62)92(86)72-43-39-70(40-44-72)88(68-35-31-58(2)32-36-68)74-46-48-82-78(56-74)76-26-12-14-28-80(76)90(82)66-23-9-6-10-24-66/h5-56H,1-4H3. The second-order valence-corrected chi connectivity index (χ2v) is 24.6. The third-order valence-corrected chi connectivity index (χ3v) is 18.5. The molecule has 17 aromatic rings. The third-order valence-electron chi connectivity index (χ3n) is 18.5. The highest BCUT2D eigenvalue weighted by atomic mass is 15.2. The summed E-state index contributed by atoms with van der Waals surface area (Å²) in [5, 5.41) is 7.17. The summed E-state index contributed by atoms with van der Waals surface area (Å²) in [6, 6.07) is 116. The molecule has 438 valence electrons. The van der Waals surface area contributed by atoms with Crippen molar-refractivity contribution in [1.82, 2.24) is 18.3 Å². The molecule has 0 bridgehead atoms. The van der Waals surface area contributed by atoms with Crippen molar-refractivity contribution >= 4 is 99.5 Å². The van der Waals surface area contributed by atoms with E-state index in [9.17, 15) is 0 Å². The first kappa shape index (κ1) is 54.3. The van der Waals surface area contributed by atoms with Gasteiger partial charge in [-0.25, -0.2) is 0 Å². The number of rotatable bonds is 12. The average molecular weight is 1180 g/mol. The van der Waals surface area contributed by atoms with Crippen LogP contribution in [0.3, 0.4) is 0 Å². The van der Waals surface area contributed by atoms with Crippen LogP contribution in [0.1, 0.15) is 22.3 Å². The van der Waals surface area contributed by atoms with Crippen molar-refractivity contribution in [2.24, 2.45) is 0 Å². The van der Waals surface area contributed by atoms with Crippen molar-refractivity contribution < 1.29 is 0 Å². The summed E-state index contributed by atoms with van der Waals surface area (Å²) in [7, 11) is 0. The van der Waals surface area contributed by atoms with Crippen molar-refractivity contribution in [1.29, 1.82) is 0 Å². The monoisotopic (exact) mass is 1180 g/mol. The van der Waals surface area contributed by atoms with Gasteiger partial charge in [0.15, 0.2) is 0 Å². The van der Waals surface area contributed by atoms with Crippen LogP contribution in [0.2, 0.25) is 0 Å². The number of aromatic nitrogens is 4. The quantitative estimate of drug-likeness (QED) is 0.122. The molecule has 0 amide bonds. The molecule has 0 fully saturated rings. The number of nitrogens with zero attached hydrogens (tertiary/aromatic N) is 6. The van der Waals surface area contributed by atoms with Crippen LogP contribution in [-0.4, -0.2) is 18.3 Å². The summed E-state index contributed by atoms with van der Waals surface area (Å²) >= 11 is 0. The molecule has 0 saturated heterocycles. The van der Waals surface area contributed by atoms with Gasteiger partial charge in [-0.2, -0.15) is 0 Å². The van der Waals surface area contributed by atoms with E-state index in [0.29, 0.717) is 0 Å². The molecular weight excluding hydrogens is 1120 g/mol. The molecule has 0 spiro atoms. The van der Waals surface area contributed by atoms with E-state index >= 15 is 0 Å². The molecule has 0 aliphatic carbocycles. The first-order chi connectivity index (χ1) is 45.2. The maximum absolute atomic E-state index is 2.46. The second kappa shape index (κ2) is 22.0. The smallest absolute Gasteiger partial charge is 0.0542 e. The number of benzene rings is 13. The SMILES string of the molecule is Cc1ccc(N(c2ccc(-n3c(-c4cccc(C)c4)cc4cc5c(cc(-c6cccc(C)c6)n5-c5ccc(N(c6ccc(C)cc6)c6ccc7c(c6)c6ccccc6n7-c6ccccc6)cc5)cc43)cc2)c2ccc3c(c2)c2ccccc2n3-c2ccccc2)cc1. The zero-order valence-electron chi connectivity index (χ0n) is 51.7. The lowest BCUT2D eigenvalue weighted by atomic mass is 10.1. The van der Waals surface area contributed by atoms with Gasteiger partial charge in [-0.1, -0.05) is 156 Å². The van der Waals surface area contributed by atoms with Crippen molar-refractivity contribution in [3.05, 3.63) is 338 Å². The van der Waals surface area contributed by atoms with Crippen molar-refractivity contribution in [3.63, 3.8) is 0 Å². The van der Waals surface area contributed by atoms with Crippen molar-refractivity contribution in [2.45, 2.75) is 27.7 Å². The van der Waals surface area contributed by atoms with Crippen LogP contribution in [-0.2, 0) is 0 Å². The number of aryl methyl sites for hydroxylation is 4. The molecule has 17 rings (SSSR count). The number of hydrogen-bond acceptors (Lipinski definition) is 2. The zero-order chi connectivity index (χ0) is 61.6. The van der Waals surface area contributed by atoms with Crippen LogP contribution < -0.4 is 9.80 Å². The fourth-order valence-corrected chi connectivity index (χ4v) is 14.2. The van der Waals surface area contributed by atoms with Gasteiger partial charge < -0.3 is 28.1 Å². The Morgan fingerprint density at radius 1 is 0.207 bits per heavy atom. The Morgan fingerprint density at radius 2 is 0.543 bits per heavy atom. The Balaban J connectivity index is 0.798. The summed E-state index contributed by atoms with van der Waals surface area (Å²) in [6.45, 7) is 8.67. The summed E-state index contributed by atoms with van der Waals surface area (Å²) in [6.07, 6.45) is 0. The Kier molecular flexibility index (Phi) is 13.0. The van der Waals surface area contributed by atoms with E-state index in [1.807, 2.05) is 0 Å². The minimum absolute atomic E-state index is 1.07. The molecule has 6 heteroatoms. The Bertz CT molecular complexity index is 5300. The number of para-hydroxylation sites is 4. The van der Waals surface area contributed by atoms with E-state index in [-0.39, 0.29) is 0 Å². The van der Waals surface area contributed by atoms with Gasteiger partial charge in [0.25, 0.3) is 0 Å². The lowest BCUT2D eigenvalue weighted by molar-refractivity contribution is 1.13. The van der Waals surface area contributed by atoms with Gasteiger partial charge in [0, 0.05) is 89.2 Å². The zero-order valence-corrected chi connectivity index (χ0v) is 51.7. The van der Waals surface area contributed by atoms with Crippen LogP contribution in [0, 0.1) is 27.7 Å². The largest absolute Gasteiger partial charge is 0.310 e. The first-order valence-electron chi connectivity index (χ1n) is 31.7. The highest BCUT2D eigenvalue weighted by molar-refractivity contribution is 6.12. The van der Waals surface area contributed by atoms with Crippen LogP contribution >= 0.6 is 0 Å². The second-order valence-electron chi connectivity index (χ2n) is 24.6. The van der Waals surface area contributed by atoms with Crippen LogP contribution in [0.5, 0.6) is 0 Å². The van der Waals surface area contributed by atoms with E-state index in [4.69, 9.17) is 0 Å². The minimum atomic E-state index is 1.07. The van der Waals surface area contributed by atoms with Crippen molar-refractivity contribution in [2.75, 3.05) is 9.80 Å². The number of hydrogen-bond donors (Lipinski definition) is 0. The third kappa shape index (κ3) is 9.26. The summed E-state index contributed by atoms with van der Waals surface area (Å²) in [4.78, 5) is 4.79. The normalized spacial score (nSPS) is 11.7. The lowest BCUT2D eigenvalue weighted by Gasteiger charge is -2.26. The molecule has 13 aromatic carbocycles. The first-order valence-corrected chi connectivity index (χ1v) is 31.7. The van der Waals surface area contributed by atoms with E-state index in [1.54, 1.807) is 0 Å². The van der Waals surface area contributed by atoms with Gasteiger partial charge in [0.05, 0.1) is 44.5 Å². The fraction of sp³-hybridized carbons (Fsp3) is 0.0465. The molecule has 0 aliphatic heterocycles. The molecule has 6 nitrogen and oxygen atoms in total. The van der Waals surface area contributed by atoms with Crippen molar-refractivity contribution in [3.8, 4) is 45.3 Å². The molecule has 0 aliphatic rings. The highest BCUT2D eigenvalue weighted by Crippen LogP contribution is 2.45. The van der Waals surface area contributed by atoms with Gasteiger partial charge in [-0.05, 0) is 221 Å². The van der Waals surface area contributed by atoms with Gasteiger partial charge in [0.2, 0.25) is 0 Å². The molecule has 92 heavy (non-hydrogen) atoms. The summed E-state index contributed by atoms with van der Waals surface area (Å²) < 4.78 is 9.68. The predicted molar refractivity (Wildman–Crippen MR) is 388 cm³/mol. The van der Waals surface area contributed by atoms with Crippen LogP contribution in [0.4, 0.5) is 34.1 Å². The Morgan fingerprint density at radius 3 is 0.935 bits per heavy atom. The maximum atomic E-state index is 2.46. The molecule has 0 unspecified atom stereocenters. The number of fused-ring (bicyclic) bond motifs is 8. The average Bonchev–Trinajstić information content (AvgIpc) is 1.60. The van der Waals surface area contributed by atoms with Crippen LogP contribution in [0.15, 0.2) is 315 Å². The summed E-state index contributed by atoms with van der Waals surface area (Å²) in [5.74, 6) is 0. The Labute approximate surface area is 535 Å². The van der Waals surface area contributed by atoms with E-state index < -0.39 is 0 Å². The Hall–Kier alpha value is -11.9. The highest BCUT2D eigenvalue weighted by Gasteiger charge is 2.23. The lowest BCUT2D eigenvalue weighted by Crippen LogP contribution is -2.10. The molecule has 4 aromatic heterocycles. The molecule has 0 saturated carbocycles. The van der Waals surface area contributed by atoms with E-state index in [1.165, 1.54) is 65.9 Å². The molecule has 0 radical (unpaired) electrons. The maximum Gasteiger partial charge on any atom is 0.0542 e. The number of anilines is 6. The van der Waals surface area contributed by atoms with Gasteiger partial charge >= 0.3 is 0 Å². The molecular formula is C86H64N6.